The fourth-order valence-electron chi connectivity index (χ4n) is 10.5. The summed E-state index contributed by atoms with van der Waals surface area (Å²) in [6.45, 7) is 1.35. The first-order valence-corrected chi connectivity index (χ1v) is 30.7. The summed E-state index contributed by atoms with van der Waals surface area (Å²) >= 11 is 0. The van der Waals surface area contributed by atoms with E-state index in [2.05, 4.69) is 21.3 Å². The Kier molecular flexibility index (Phi) is 30.1. The van der Waals surface area contributed by atoms with Crippen LogP contribution in [0, 0.1) is 0 Å². The van der Waals surface area contributed by atoms with Crippen LogP contribution in [-0.2, 0) is 44.9 Å². The van der Waals surface area contributed by atoms with E-state index in [1.165, 1.54) is 101 Å². The second-order valence-corrected chi connectivity index (χ2v) is 22.2. The second kappa shape index (κ2) is 37.7. The van der Waals surface area contributed by atoms with Gasteiger partial charge in [0.05, 0.1) is 86.0 Å². The van der Waals surface area contributed by atoms with E-state index in [0.29, 0.717) is 99.8 Å². The molecule has 0 heterocycles. The topological polar surface area (TPSA) is 406 Å². The number of hydrogen-bond donors (Lipinski definition) is 10. The van der Waals surface area contributed by atoms with Gasteiger partial charge in [-0.1, -0.05) is 36.4 Å². The Bertz CT molecular complexity index is 3410. The number of carboxylic acids is 1. The van der Waals surface area contributed by atoms with Gasteiger partial charge in [0.2, 0.25) is 0 Å². The van der Waals surface area contributed by atoms with Crippen molar-refractivity contribution in [3.63, 3.8) is 0 Å². The third kappa shape index (κ3) is 21.7. The Morgan fingerprint density at radius 2 is 0.609 bits per heavy atom. The Labute approximate surface area is 535 Å². The van der Waals surface area contributed by atoms with Gasteiger partial charge < -0.3 is 74.0 Å². The van der Waals surface area contributed by atoms with Crippen molar-refractivity contribution in [1.29, 1.82) is 0 Å². The zero-order valence-corrected chi connectivity index (χ0v) is 52.7. The van der Waals surface area contributed by atoms with Crippen LogP contribution in [0.4, 0.5) is 0 Å². The number of ketones is 4. The fourth-order valence-corrected chi connectivity index (χ4v) is 10.5. The van der Waals surface area contributed by atoms with Crippen molar-refractivity contribution in [3.05, 3.63) is 153 Å². The molecule has 5 aromatic rings. The van der Waals surface area contributed by atoms with Crippen molar-refractivity contribution in [1.82, 2.24) is 21.3 Å². The van der Waals surface area contributed by atoms with Crippen molar-refractivity contribution in [3.8, 4) is 23.0 Å². The van der Waals surface area contributed by atoms with Gasteiger partial charge in [-0.05, 0) is 186 Å². The molecule has 5 amide bonds. The van der Waals surface area contributed by atoms with E-state index in [1.54, 1.807) is 24.3 Å². The van der Waals surface area contributed by atoms with E-state index in [1.807, 2.05) is 0 Å². The second-order valence-electron chi connectivity index (χ2n) is 22.2. The number of aromatic carboxylic acids is 1. The van der Waals surface area contributed by atoms with E-state index in [0.717, 1.165) is 0 Å². The molecule has 0 aromatic heterocycles. The van der Waals surface area contributed by atoms with Crippen LogP contribution in [0.25, 0.3) is 0 Å². The lowest BCUT2D eigenvalue weighted by Crippen LogP contribution is -2.42. The highest BCUT2D eigenvalue weighted by molar-refractivity contribution is 6.07. The number of hydrogen-bond acceptors (Lipinski definition) is 18. The molecule has 0 aliphatic carbocycles. The monoisotopic (exact) mass is 1270 g/mol. The standard InChI is InChI=1S/C68H87N9O15/c1-89-59-25-21-41(33-47(59)63(73)82)37-55(78)52(18-8-12-30-70)75-65(84)49-35-43(23-27-61(49)91-3)39-57(80)54(20-10-14-32-72)77-67(86)50-36-44(24-28-62(50)92-4)40-58(81)53(19-9-13-31-71)76-66(85)48-34-42(22-26-60(48)90-2)38-56(79)51(17-7-11-29-69)74-64(83)45-15-5-6-16-46(45)68(87)88/h5-6,15-16,21-28,33-36,51-54H,7-14,17-20,29-32,37-40,69-72H2,1-4H3,(H2,73,82)(H,74,83)(H,75,84)(H,76,85)(H,77,86)(H,87,88)/t51-,52-,53-,54-/m0/s1. The predicted octanol–water partition coefficient (Wildman–Crippen LogP) is 4.67. The van der Waals surface area contributed by atoms with Crippen molar-refractivity contribution < 1.29 is 72.0 Å². The number of benzene rings is 5. The lowest BCUT2D eigenvalue weighted by atomic mass is 9.95. The maximum absolute atomic E-state index is 14.4. The minimum atomic E-state index is -1.31. The minimum absolute atomic E-state index is 0.0137. The molecule has 0 saturated heterocycles. The third-order valence-corrected chi connectivity index (χ3v) is 15.5. The summed E-state index contributed by atoms with van der Waals surface area (Å²) in [5, 5.41) is 21.0. The van der Waals surface area contributed by atoms with Crippen LogP contribution in [0.15, 0.2) is 97.1 Å². The fraction of sp³-hybridized carbons (Fsp3) is 0.412. The van der Waals surface area contributed by atoms with Crippen LogP contribution in [0.2, 0.25) is 0 Å². The molecule has 0 bridgehead atoms. The van der Waals surface area contributed by atoms with Gasteiger partial charge in [0.15, 0.2) is 23.1 Å². The molecule has 0 fully saturated rings. The van der Waals surface area contributed by atoms with Gasteiger partial charge in [-0.25, -0.2) is 4.79 Å². The van der Waals surface area contributed by atoms with Crippen LogP contribution < -0.4 is 68.9 Å². The van der Waals surface area contributed by atoms with Crippen molar-refractivity contribution in [2.24, 2.45) is 28.7 Å². The van der Waals surface area contributed by atoms with E-state index >= 15 is 0 Å². The average molecular weight is 1270 g/mol. The zero-order chi connectivity index (χ0) is 67.3. The van der Waals surface area contributed by atoms with Gasteiger partial charge in [-0.2, -0.15) is 0 Å². The smallest absolute Gasteiger partial charge is 0.336 e. The number of carbonyl (C=O) groups is 10. The van der Waals surface area contributed by atoms with Gasteiger partial charge in [-0.3, -0.25) is 43.2 Å². The van der Waals surface area contributed by atoms with Crippen LogP contribution >= 0.6 is 0 Å². The Morgan fingerprint density at radius 1 is 0.359 bits per heavy atom. The average Bonchev–Trinajstić information content (AvgIpc) is 0.946. The largest absolute Gasteiger partial charge is 0.496 e. The summed E-state index contributed by atoms with van der Waals surface area (Å²) in [6.07, 6.45) is 4.11. The van der Waals surface area contributed by atoms with Crippen LogP contribution in [0.3, 0.4) is 0 Å². The molecule has 5 rings (SSSR count). The summed E-state index contributed by atoms with van der Waals surface area (Å²) in [5.74, 6) is -5.68. The molecule has 5 aromatic carbocycles. The Hall–Kier alpha value is -9.36. The number of nitrogens with one attached hydrogen (secondary N) is 4. The molecule has 0 spiro atoms. The quantitative estimate of drug-likeness (QED) is 0.0237. The van der Waals surface area contributed by atoms with Crippen LogP contribution in [-0.4, -0.2) is 143 Å². The molecule has 0 aliphatic rings. The SMILES string of the molecule is COc1ccc(CC(=O)[C@H](CCCCN)NC(=O)c2cc(CC(=O)[C@H](CCCCN)NC(=O)c3cc(CC(=O)[C@H](CCCCN)NC(=O)c4cc(CC(=O)[C@H](CCCCN)NC(=O)c5ccccc5C(=O)O)ccc4OC)ccc3OC)ccc2OC)cc1C(N)=O. The normalized spacial score (nSPS) is 12.3. The van der Waals surface area contributed by atoms with Crippen molar-refractivity contribution in [2.75, 3.05) is 54.6 Å². The molecular weight excluding hydrogens is 1180 g/mol. The summed E-state index contributed by atoms with van der Waals surface area (Å²) in [5.41, 5.74) is 30.2. The number of Topliss-reactive ketones (excluding diaryl/α,β-unsaturated/α-hetero) is 4. The van der Waals surface area contributed by atoms with Gasteiger partial charge >= 0.3 is 5.97 Å². The van der Waals surface area contributed by atoms with E-state index in [4.69, 9.17) is 47.6 Å². The molecule has 4 atom stereocenters. The highest BCUT2D eigenvalue weighted by Crippen LogP contribution is 2.27. The molecule has 15 N–H and O–H groups in total. The summed E-state index contributed by atoms with van der Waals surface area (Å²) in [6, 6.07) is 20.0. The van der Waals surface area contributed by atoms with E-state index < -0.39 is 77.0 Å². The lowest BCUT2D eigenvalue weighted by Gasteiger charge is -2.21. The minimum Gasteiger partial charge on any atom is -0.496 e. The van der Waals surface area contributed by atoms with E-state index in [-0.39, 0.29) is 114 Å². The van der Waals surface area contributed by atoms with Crippen molar-refractivity contribution in [2.45, 2.75) is 127 Å². The number of nitrogens with two attached hydrogens (primary N) is 5. The van der Waals surface area contributed by atoms with Crippen molar-refractivity contribution >= 4 is 58.6 Å². The molecule has 0 radical (unpaired) electrons. The maximum Gasteiger partial charge on any atom is 0.336 e. The molecule has 24 heteroatoms. The van der Waals surface area contributed by atoms with Crippen LogP contribution in [0.5, 0.6) is 23.0 Å². The molecule has 0 saturated carbocycles. The van der Waals surface area contributed by atoms with Gasteiger partial charge in [-0.15, -0.1) is 0 Å². The molecule has 494 valence electrons. The number of carboxylic acid groups (broad SMARTS) is 1. The number of unbranched alkanes of at least 4 members (excludes halogenated alkanes) is 4. The van der Waals surface area contributed by atoms with Gasteiger partial charge in [0.1, 0.15) is 23.0 Å². The predicted molar refractivity (Wildman–Crippen MR) is 345 cm³/mol. The van der Waals surface area contributed by atoms with Crippen LogP contribution in [0.1, 0.15) is 161 Å². The van der Waals surface area contributed by atoms with E-state index in [9.17, 15) is 53.1 Å². The highest BCUT2D eigenvalue weighted by atomic mass is 16.5. The third-order valence-electron chi connectivity index (χ3n) is 15.5. The number of amides is 5. The maximum atomic E-state index is 14.4. The number of rotatable bonds is 42. The number of primary amides is 1. The summed E-state index contributed by atoms with van der Waals surface area (Å²) in [4.78, 5) is 137. The molecule has 0 unspecified atom stereocenters. The van der Waals surface area contributed by atoms with Gasteiger partial charge in [0.25, 0.3) is 29.5 Å². The highest BCUT2D eigenvalue weighted by Gasteiger charge is 2.30. The number of carbonyl (C=O) groups excluding carboxylic acids is 9. The number of ether oxygens (including phenoxy) is 4. The Balaban J connectivity index is 1.34. The zero-order valence-electron chi connectivity index (χ0n) is 52.7. The number of methoxy groups -OCH3 is 4. The lowest BCUT2D eigenvalue weighted by molar-refractivity contribution is -0.121. The molecule has 24 nitrogen and oxygen atoms in total. The van der Waals surface area contributed by atoms with Gasteiger partial charge in [0, 0.05) is 25.7 Å². The molecule has 92 heavy (non-hydrogen) atoms. The first kappa shape index (κ1) is 73.4. The molecular formula is C68H87N9O15. The first-order valence-electron chi connectivity index (χ1n) is 30.7. The molecule has 0 aliphatic heterocycles. The first-order chi connectivity index (χ1) is 44.2. The Morgan fingerprint density at radius 3 is 0.859 bits per heavy atom. The summed E-state index contributed by atoms with van der Waals surface area (Å²) in [7, 11) is 5.49. The summed E-state index contributed by atoms with van der Waals surface area (Å²) < 4.78 is 22.0.